The molecule has 100 valence electrons. The standard InChI is InChI=1S/C14H15ClN2O2/c15-13-10(9-4-1-2-6-12(9)19-13)8-17-11-5-3-7-16-14(11)18/h1-2,4,6,11,17H,3,5,7-8H2,(H,16,18). The molecule has 0 aliphatic carbocycles. The third kappa shape index (κ3) is 2.46. The summed E-state index contributed by atoms with van der Waals surface area (Å²) in [5.41, 5.74) is 1.69. The van der Waals surface area contributed by atoms with E-state index in [1.165, 1.54) is 0 Å². The summed E-state index contributed by atoms with van der Waals surface area (Å²) in [6.45, 7) is 1.31. The molecule has 1 aromatic heterocycles. The molecular weight excluding hydrogens is 264 g/mol. The highest BCUT2D eigenvalue weighted by atomic mass is 35.5. The van der Waals surface area contributed by atoms with Crippen molar-refractivity contribution >= 4 is 28.5 Å². The van der Waals surface area contributed by atoms with E-state index in [1.54, 1.807) is 0 Å². The summed E-state index contributed by atoms with van der Waals surface area (Å²) in [6.07, 6.45) is 1.86. The largest absolute Gasteiger partial charge is 0.444 e. The minimum Gasteiger partial charge on any atom is -0.444 e. The van der Waals surface area contributed by atoms with Crippen LogP contribution in [0.25, 0.3) is 11.0 Å². The number of fused-ring (bicyclic) bond motifs is 1. The van der Waals surface area contributed by atoms with Crippen LogP contribution in [-0.2, 0) is 11.3 Å². The van der Waals surface area contributed by atoms with Gasteiger partial charge in [0, 0.05) is 24.0 Å². The van der Waals surface area contributed by atoms with E-state index < -0.39 is 0 Å². The fraction of sp³-hybridized carbons (Fsp3) is 0.357. The number of nitrogens with one attached hydrogen (secondary N) is 2. The van der Waals surface area contributed by atoms with Crippen molar-refractivity contribution < 1.29 is 9.21 Å². The van der Waals surface area contributed by atoms with Crippen molar-refractivity contribution in [2.24, 2.45) is 0 Å². The number of hydrogen-bond acceptors (Lipinski definition) is 3. The number of amides is 1. The zero-order valence-corrected chi connectivity index (χ0v) is 11.2. The van der Waals surface area contributed by atoms with Crippen LogP contribution in [0.1, 0.15) is 18.4 Å². The van der Waals surface area contributed by atoms with Gasteiger partial charge in [-0.1, -0.05) is 18.2 Å². The number of piperidine rings is 1. The molecule has 1 atom stereocenters. The predicted octanol–water partition coefficient (Wildman–Crippen LogP) is 2.45. The lowest BCUT2D eigenvalue weighted by Gasteiger charge is -2.22. The van der Waals surface area contributed by atoms with Gasteiger partial charge in [-0.15, -0.1) is 0 Å². The van der Waals surface area contributed by atoms with Gasteiger partial charge in [0.05, 0.1) is 6.04 Å². The molecule has 19 heavy (non-hydrogen) atoms. The van der Waals surface area contributed by atoms with Crippen molar-refractivity contribution in [3.05, 3.63) is 35.0 Å². The fourth-order valence-electron chi connectivity index (χ4n) is 2.43. The van der Waals surface area contributed by atoms with E-state index in [2.05, 4.69) is 10.6 Å². The SMILES string of the molecule is O=C1NCCCC1NCc1c(Cl)oc2ccccc12. The second-order valence-corrected chi connectivity index (χ2v) is 5.06. The average Bonchev–Trinajstić information content (AvgIpc) is 2.74. The van der Waals surface area contributed by atoms with Crippen LogP contribution in [0.3, 0.4) is 0 Å². The highest BCUT2D eigenvalue weighted by molar-refractivity contribution is 6.30. The summed E-state index contributed by atoms with van der Waals surface area (Å²) < 4.78 is 5.49. The Balaban J connectivity index is 1.78. The normalized spacial score (nSPS) is 19.6. The molecule has 5 heteroatoms. The Labute approximate surface area is 116 Å². The first-order valence-corrected chi connectivity index (χ1v) is 6.80. The van der Waals surface area contributed by atoms with Crippen LogP contribution in [0.2, 0.25) is 5.22 Å². The van der Waals surface area contributed by atoms with Gasteiger partial charge in [0.2, 0.25) is 5.91 Å². The second-order valence-electron chi connectivity index (χ2n) is 4.72. The lowest BCUT2D eigenvalue weighted by Crippen LogP contribution is -2.47. The summed E-state index contributed by atoms with van der Waals surface area (Å²) in [6, 6.07) is 7.58. The Morgan fingerprint density at radius 2 is 2.26 bits per heavy atom. The van der Waals surface area contributed by atoms with Crippen LogP contribution in [0.4, 0.5) is 0 Å². The van der Waals surface area contributed by atoms with Crippen LogP contribution in [0, 0.1) is 0 Å². The molecule has 0 bridgehead atoms. The van der Waals surface area contributed by atoms with Gasteiger partial charge in [0.1, 0.15) is 5.58 Å². The van der Waals surface area contributed by atoms with E-state index in [-0.39, 0.29) is 11.9 Å². The molecule has 1 amide bonds. The Hall–Kier alpha value is -1.52. The minimum atomic E-state index is -0.140. The third-order valence-corrected chi connectivity index (χ3v) is 3.76. The van der Waals surface area contributed by atoms with Crippen molar-refractivity contribution in [1.29, 1.82) is 0 Å². The third-order valence-electron chi connectivity index (χ3n) is 3.46. The molecule has 1 aromatic carbocycles. The van der Waals surface area contributed by atoms with E-state index in [9.17, 15) is 4.79 Å². The molecule has 0 radical (unpaired) electrons. The lowest BCUT2D eigenvalue weighted by atomic mass is 10.1. The number of para-hydroxylation sites is 1. The monoisotopic (exact) mass is 278 g/mol. The molecule has 1 unspecified atom stereocenters. The Morgan fingerprint density at radius 1 is 1.42 bits per heavy atom. The molecular formula is C14H15ClN2O2. The van der Waals surface area contributed by atoms with E-state index in [0.717, 1.165) is 35.9 Å². The van der Waals surface area contributed by atoms with E-state index in [4.69, 9.17) is 16.0 Å². The highest BCUT2D eigenvalue weighted by Crippen LogP contribution is 2.29. The number of furan rings is 1. The quantitative estimate of drug-likeness (QED) is 0.907. The Kier molecular flexibility index (Phi) is 3.44. The zero-order chi connectivity index (χ0) is 13.2. The second kappa shape index (κ2) is 5.23. The smallest absolute Gasteiger partial charge is 0.237 e. The first kappa shape index (κ1) is 12.5. The topological polar surface area (TPSA) is 54.3 Å². The van der Waals surface area contributed by atoms with Gasteiger partial charge in [0.15, 0.2) is 5.22 Å². The van der Waals surface area contributed by atoms with Gasteiger partial charge in [-0.05, 0) is 30.5 Å². The molecule has 0 saturated carbocycles. The van der Waals surface area contributed by atoms with Crippen molar-refractivity contribution in [3.63, 3.8) is 0 Å². The number of rotatable bonds is 3. The summed E-state index contributed by atoms with van der Waals surface area (Å²) >= 11 is 6.11. The van der Waals surface area contributed by atoms with Crippen LogP contribution in [0.5, 0.6) is 0 Å². The van der Waals surface area contributed by atoms with Crippen molar-refractivity contribution in [1.82, 2.24) is 10.6 Å². The maximum Gasteiger partial charge on any atom is 0.237 e. The van der Waals surface area contributed by atoms with Gasteiger partial charge in [-0.25, -0.2) is 0 Å². The molecule has 1 aliphatic rings. The molecule has 1 saturated heterocycles. The summed E-state index contributed by atoms with van der Waals surface area (Å²) in [7, 11) is 0. The van der Waals surface area contributed by atoms with E-state index >= 15 is 0 Å². The van der Waals surface area contributed by atoms with E-state index in [1.807, 2.05) is 24.3 Å². The van der Waals surface area contributed by atoms with Crippen LogP contribution < -0.4 is 10.6 Å². The molecule has 4 nitrogen and oxygen atoms in total. The molecule has 0 spiro atoms. The molecule has 3 rings (SSSR count). The first-order valence-electron chi connectivity index (χ1n) is 6.42. The number of carbonyl (C=O) groups excluding carboxylic acids is 1. The van der Waals surface area contributed by atoms with Gasteiger partial charge in [-0.3, -0.25) is 4.79 Å². The fourth-order valence-corrected chi connectivity index (χ4v) is 2.68. The van der Waals surface area contributed by atoms with Gasteiger partial charge >= 0.3 is 0 Å². The summed E-state index contributed by atoms with van der Waals surface area (Å²) in [5, 5.41) is 7.50. The van der Waals surface area contributed by atoms with Crippen molar-refractivity contribution in [3.8, 4) is 0 Å². The number of benzene rings is 1. The number of carbonyl (C=O) groups is 1. The lowest BCUT2D eigenvalue weighted by molar-refractivity contribution is -0.124. The average molecular weight is 279 g/mol. The van der Waals surface area contributed by atoms with Gasteiger partial charge < -0.3 is 15.1 Å². The predicted molar refractivity (Wildman–Crippen MR) is 74.1 cm³/mol. The van der Waals surface area contributed by atoms with E-state index in [0.29, 0.717) is 11.8 Å². The van der Waals surface area contributed by atoms with Gasteiger partial charge in [0.25, 0.3) is 0 Å². The maximum atomic E-state index is 11.7. The van der Waals surface area contributed by atoms with Crippen LogP contribution >= 0.6 is 11.6 Å². The zero-order valence-electron chi connectivity index (χ0n) is 10.4. The molecule has 2 aromatic rings. The molecule has 1 fully saturated rings. The van der Waals surface area contributed by atoms with Crippen molar-refractivity contribution in [2.75, 3.05) is 6.54 Å². The Bertz CT molecular complexity index is 609. The molecule has 2 N–H and O–H groups in total. The minimum absolute atomic E-state index is 0.0650. The first-order chi connectivity index (χ1) is 9.25. The summed E-state index contributed by atoms with van der Waals surface area (Å²) in [4.78, 5) is 11.7. The molecule has 2 heterocycles. The Morgan fingerprint density at radius 3 is 3.11 bits per heavy atom. The number of halogens is 1. The molecule has 1 aliphatic heterocycles. The van der Waals surface area contributed by atoms with Gasteiger partial charge in [-0.2, -0.15) is 0 Å². The van der Waals surface area contributed by atoms with Crippen LogP contribution in [0.15, 0.2) is 28.7 Å². The highest BCUT2D eigenvalue weighted by Gasteiger charge is 2.22. The summed E-state index contributed by atoms with van der Waals surface area (Å²) in [5.74, 6) is 0.0650. The van der Waals surface area contributed by atoms with Crippen LogP contribution in [-0.4, -0.2) is 18.5 Å². The number of hydrogen-bond donors (Lipinski definition) is 2. The maximum absolute atomic E-state index is 11.7. The van der Waals surface area contributed by atoms with Crippen molar-refractivity contribution in [2.45, 2.75) is 25.4 Å².